The fourth-order valence-corrected chi connectivity index (χ4v) is 4.05. The van der Waals surface area contributed by atoms with Crippen LogP contribution in [0.1, 0.15) is 39.0 Å². The highest BCUT2D eigenvalue weighted by atomic mass is 16.1. The molecule has 0 radical (unpaired) electrons. The van der Waals surface area contributed by atoms with Crippen molar-refractivity contribution in [1.29, 1.82) is 0 Å². The van der Waals surface area contributed by atoms with E-state index in [2.05, 4.69) is 11.9 Å². The lowest BCUT2D eigenvalue weighted by atomic mass is 9.58. The molecule has 1 heterocycles. The van der Waals surface area contributed by atoms with Gasteiger partial charge in [-0.15, -0.1) is 0 Å². The average Bonchev–Trinajstić information content (AvgIpc) is 2.69. The van der Waals surface area contributed by atoms with Gasteiger partial charge in [-0.25, -0.2) is 0 Å². The highest BCUT2D eigenvalue weighted by Gasteiger charge is 2.63. The third kappa shape index (κ3) is 1.10. The molecule has 78 valence electrons. The van der Waals surface area contributed by atoms with Gasteiger partial charge in [-0.3, -0.25) is 9.69 Å². The first-order chi connectivity index (χ1) is 6.54. The van der Waals surface area contributed by atoms with Gasteiger partial charge in [0.2, 0.25) is 0 Å². The molecule has 2 spiro atoms. The third-order valence-electron chi connectivity index (χ3n) is 4.67. The minimum atomic E-state index is 0.228. The maximum absolute atomic E-state index is 11.4. The number of nitrogens with zero attached hydrogens (tertiary/aromatic N) is 1. The van der Waals surface area contributed by atoms with Crippen LogP contribution < -0.4 is 0 Å². The highest BCUT2D eigenvalue weighted by Crippen LogP contribution is 2.71. The first-order valence-electron chi connectivity index (χ1n) is 5.75. The number of ketones is 1. The normalized spacial score (nSPS) is 37.4. The fraction of sp³-hybridized carbons (Fsp3) is 0.917. The lowest BCUT2D eigenvalue weighted by molar-refractivity contribution is -0.120. The van der Waals surface area contributed by atoms with Gasteiger partial charge in [0, 0.05) is 6.54 Å². The van der Waals surface area contributed by atoms with E-state index in [4.69, 9.17) is 0 Å². The summed E-state index contributed by atoms with van der Waals surface area (Å²) in [6.07, 6.45) is 6.88. The van der Waals surface area contributed by atoms with Crippen LogP contribution in [0, 0.1) is 10.8 Å². The lowest BCUT2D eigenvalue weighted by Crippen LogP contribution is -2.40. The average molecular weight is 193 g/mol. The zero-order valence-corrected chi connectivity index (χ0v) is 9.18. The molecule has 0 bridgehead atoms. The smallest absolute Gasteiger partial charge is 0.146 e. The number of rotatable bonds is 1. The number of likely N-dealkylation sites (N-methyl/N-ethyl adjacent to an activating group) is 1. The zero-order chi connectivity index (χ0) is 9.97. The van der Waals surface area contributed by atoms with Gasteiger partial charge < -0.3 is 0 Å². The molecule has 3 aliphatic rings. The number of hydrogen-bond acceptors (Lipinski definition) is 2. The van der Waals surface area contributed by atoms with Gasteiger partial charge in [-0.05, 0) is 56.9 Å². The largest absolute Gasteiger partial charge is 0.298 e. The molecule has 3 rings (SSSR count). The summed E-state index contributed by atoms with van der Waals surface area (Å²) in [5.41, 5.74) is 1.31. The summed E-state index contributed by atoms with van der Waals surface area (Å²) in [6.45, 7) is 2.91. The van der Waals surface area contributed by atoms with Crippen molar-refractivity contribution in [3.05, 3.63) is 0 Å². The van der Waals surface area contributed by atoms with Crippen LogP contribution >= 0.6 is 0 Å². The fourth-order valence-electron chi connectivity index (χ4n) is 4.05. The van der Waals surface area contributed by atoms with E-state index in [0.717, 1.165) is 11.8 Å². The minimum absolute atomic E-state index is 0.228. The molecule has 0 aromatic heterocycles. The second kappa shape index (κ2) is 2.41. The molecule has 1 aliphatic heterocycles. The number of Topliss-reactive ketones (excluding diaryl/α,β-unsaturated/α-hetero) is 1. The Balaban J connectivity index is 1.71. The molecule has 2 aliphatic carbocycles. The number of hydrogen-bond donors (Lipinski definition) is 0. The molecule has 0 unspecified atom stereocenters. The molecule has 1 atom stereocenters. The Morgan fingerprint density at radius 2 is 1.93 bits per heavy atom. The van der Waals surface area contributed by atoms with E-state index in [1.54, 1.807) is 6.92 Å². The van der Waals surface area contributed by atoms with Crippen molar-refractivity contribution in [3.8, 4) is 0 Å². The van der Waals surface area contributed by atoms with Crippen LogP contribution in [0.3, 0.4) is 0 Å². The van der Waals surface area contributed by atoms with Gasteiger partial charge in [0.25, 0.3) is 0 Å². The molecular formula is C12H19NO. The molecule has 0 aromatic carbocycles. The standard InChI is InChI=1S/C12H19NO/c1-9(14)10-5-12(8-13(10)2)6-11(7-12)3-4-11/h10H,3-8H2,1-2H3/t10-/m0/s1. The molecular weight excluding hydrogens is 174 g/mol. The Hall–Kier alpha value is -0.370. The maximum atomic E-state index is 11.4. The predicted molar refractivity (Wildman–Crippen MR) is 55.1 cm³/mol. The number of likely N-dealkylation sites (tertiary alicyclic amines) is 1. The van der Waals surface area contributed by atoms with E-state index in [1.807, 2.05) is 0 Å². The Bertz CT molecular complexity index is 285. The Morgan fingerprint density at radius 3 is 2.36 bits per heavy atom. The summed E-state index contributed by atoms with van der Waals surface area (Å²) in [5.74, 6) is 0.362. The predicted octanol–water partition coefficient (Wildman–Crippen LogP) is 1.84. The molecule has 1 saturated heterocycles. The van der Waals surface area contributed by atoms with Crippen LogP contribution in [0.2, 0.25) is 0 Å². The van der Waals surface area contributed by atoms with Crippen LogP contribution in [0.4, 0.5) is 0 Å². The SMILES string of the molecule is CC(=O)[C@@H]1CC2(CN1C)CC1(CC1)C2. The van der Waals surface area contributed by atoms with Crippen molar-refractivity contribution >= 4 is 5.78 Å². The van der Waals surface area contributed by atoms with Gasteiger partial charge in [0.05, 0.1) is 6.04 Å². The van der Waals surface area contributed by atoms with E-state index in [1.165, 1.54) is 32.2 Å². The maximum Gasteiger partial charge on any atom is 0.146 e. The first-order valence-corrected chi connectivity index (χ1v) is 5.75. The second-order valence-corrected chi connectivity index (χ2v) is 6.10. The summed E-state index contributed by atoms with van der Waals surface area (Å²) >= 11 is 0. The van der Waals surface area contributed by atoms with E-state index < -0.39 is 0 Å². The second-order valence-electron chi connectivity index (χ2n) is 6.10. The van der Waals surface area contributed by atoms with Gasteiger partial charge in [-0.1, -0.05) is 0 Å². The highest BCUT2D eigenvalue weighted by molar-refractivity contribution is 5.81. The van der Waals surface area contributed by atoms with Crippen molar-refractivity contribution in [3.63, 3.8) is 0 Å². The van der Waals surface area contributed by atoms with Gasteiger partial charge >= 0.3 is 0 Å². The lowest BCUT2D eigenvalue weighted by Gasteiger charge is -2.46. The van der Waals surface area contributed by atoms with Gasteiger partial charge in [-0.2, -0.15) is 0 Å². The Morgan fingerprint density at radius 1 is 1.29 bits per heavy atom. The summed E-state index contributed by atoms with van der Waals surface area (Å²) in [7, 11) is 2.11. The van der Waals surface area contributed by atoms with Crippen LogP contribution in [0.15, 0.2) is 0 Å². The topological polar surface area (TPSA) is 20.3 Å². The zero-order valence-electron chi connectivity index (χ0n) is 9.18. The van der Waals surface area contributed by atoms with Gasteiger partial charge in [0.15, 0.2) is 0 Å². The summed E-state index contributed by atoms with van der Waals surface area (Å²) in [5, 5.41) is 0. The van der Waals surface area contributed by atoms with Crippen LogP contribution in [-0.4, -0.2) is 30.3 Å². The van der Waals surface area contributed by atoms with E-state index in [0.29, 0.717) is 11.2 Å². The van der Waals surface area contributed by atoms with Crippen LogP contribution in [0.25, 0.3) is 0 Å². The van der Waals surface area contributed by atoms with E-state index in [-0.39, 0.29) is 6.04 Å². The van der Waals surface area contributed by atoms with Crippen molar-refractivity contribution in [2.45, 2.75) is 45.1 Å². The van der Waals surface area contributed by atoms with Gasteiger partial charge in [0.1, 0.15) is 5.78 Å². The Kier molecular flexibility index (Phi) is 1.53. The van der Waals surface area contributed by atoms with E-state index >= 15 is 0 Å². The number of carbonyl (C=O) groups excluding carboxylic acids is 1. The minimum Gasteiger partial charge on any atom is -0.298 e. The summed E-state index contributed by atoms with van der Waals surface area (Å²) in [4.78, 5) is 13.7. The molecule has 0 amide bonds. The summed E-state index contributed by atoms with van der Waals surface area (Å²) in [6, 6.07) is 0.228. The monoisotopic (exact) mass is 193 g/mol. The third-order valence-corrected chi connectivity index (χ3v) is 4.67. The Labute approximate surface area is 85.7 Å². The molecule has 3 fully saturated rings. The van der Waals surface area contributed by atoms with E-state index in [9.17, 15) is 4.79 Å². The van der Waals surface area contributed by atoms with Crippen molar-refractivity contribution in [1.82, 2.24) is 4.90 Å². The van der Waals surface area contributed by atoms with Crippen LogP contribution in [-0.2, 0) is 4.79 Å². The van der Waals surface area contributed by atoms with Crippen molar-refractivity contribution < 1.29 is 4.79 Å². The van der Waals surface area contributed by atoms with Crippen LogP contribution in [0.5, 0.6) is 0 Å². The molecule has 14 heavy (non-hydrogen) atoms. The first kappa shape index (κ1) is 8.90. The summed E-state index contributed by atoms with van der Waals surface area (Å²) < 4.78 is 0. The molecule has 2 heteroatoms. The molecule has 2 saturated carbocycles. The molecule has 0 N–H and O–H groups in total. The molecule has 0 aromatic rings. The van der Waals surface area contributed by atoms with Crippen molar-refractivity contribution in [2.75, 3.05) is 13.6 Å². The molecule has 2 nitrogen and oxygen atoms in total. The van der Waals surface area contributed by atoms with Crippen molar-refractivity contribution in [2.24, 2.45) is 10.8 Å². The number of carbonyl (C=O) groups is 1. The quantitative estimate of drug-likeness (QED) is 0.633.